The predicted octanol–water partition coefficient (Wildman–Crippen LogP) is 5.26. The molecule has 5 rings (SSSR count). The molecule has 39 heavy (non-hydrogen) atoms. The zero-order chi connectivity index (χ0) is 27.5. The van der Waals surface area contributed by atoms with E-state index in [2.05, 4.69) is 15.0 Å². The number of fused-ring (bicyclic) bond motifs is 1. The van der Waals surface area contributed by atoms with Gasteiger partial charge in [-0.1, -0.05) is 47.2 Å². The molecule has 0 N–H and O–H groups in total. The first kappa shape index (κ1) is 27.2. The minimum absolute atomic E-state index is 0.0806. The molecule has 0 amide bonds. The summed E-state index contributed by atoms with van der Waals surface area (Å²) in [6.45, 7) is 3.82. The number of carbonyl (C=O) groups is 2. The molecule has 11 heteroatoms. The molecular weight excluding hydrogens is 536 g/mol. The molecule has 0 spiro atoms. The van der Waals surface area contributed by atoms with Crippen molar-refractivity contribution >= 4 is 46.6 Å². The molecule has 2 aromatic heterocycles. The van der Waals surface area contributed by atoms with E-state index >= 15 is 0 Å². The summed E-state index contributed by atoms with van der Waals surface area (Å²) in [5.41, 5.74) is 4.27. The van der Waals surface area contributed by atoms with Crippen LogP contribution in [0.25, 0.3) is 11.2 Å². The molecular formula is C28H28N4O5S2. The topological polar surface area (TPSA) is 105 Å². The van der Waals surface area contributed by atoms with E-state index in [1.54, 1.807) is 30.6 Å². The number of rotatable bonds is 8. The minimum atomic E-state index is -0.682. The Kier molecular flexibility index (Phi) is 8.20. The summed E-state index contributed by atoms with van der Waals surface area (Å²) in [6, 6.07) is 14.3. The van der Waals surface area contributed by atoms with E-state index < -0.39 is 30.4 Å². The van der Waals surface area contributed by atoms with E-state index in [0.717, 1.165) is 16.2 Å². The van der Waals surface area contributed by atoms with E-state index in [-0.39, 0.29) is 6.61 Å². The van der Waals surface area contributed by atoms with E-state index in [9.17, 15) is 9.59 Å². The molecule has 0 bridgehead atoms. The molecule has 1 fully saturated rings. The number of thioether (sulfide) groups is 2. The van der Waals surface area contributed by atoms with Crippen molar-refractivity contribution < 1.29 is 23.8 Å². The van der Waals surface area contributed by atoms with Gasteiger partial charge in [-0.25, -0.2) is 24.5 Å². The number of imidazole rings is 1. The van der Waals surface area contributed by atoms with Crippen molar-refractivity contribution in [3.63, 3.8) is 0 Å². The van der Waals surface area contributed by atoms with Gasteiger partial charge >= 0.3 is 11.9 Å². The third-order valence-corrected chi connectivity index (χ3v) is 7.67. The Bertz CT molecular complexity index is 1490. The first-order valence-electron chi connectivity index (χ1n) is 12.4. The van der Waals surface area contributed by atoms with Crippen LogP contribution in [0.5, 0.6) is 0 Å². The van der Waals surface area contributed by atoms with Crippen molar-refractivity contribution in [2.24, 2.45) is 0 Å². The first-order valence-corrected chi connectivity index (χ1v) is 14.8. The van der Waals surface area contributed by atoms with Crippen molar-refractivity contribution in [3.05, 3.63) is 77.1 Å². The molecule has 1 saturated heterocycles. The first-order chi connectivity index (χ1) is 18.9. The minimum Gasteiger partial charge on any atom is -0.459 e. The van der Waals surface area contributed by atoms with Gasteiger partial charge in [0.1, 0.15) is 35.6 Å². The summed E-state index contributed by atoms with van der Waals surface area (Å²) in [5.74, 6) is -0.938. The number of hydrogen-bond acceptors (Lipinski definition) is 10. The second-order valence-corrected chi connectivity index (χ2v) is 10.8. The lowest BCUT2D eigenvalue weighted by molar-refractivity contribution is -0.0563. The van der Waals surface area contributed by atoms with Crippen LogP contribution in [0.3, 0.4) is 0 Å². The van der Waals surface area contributed by atoms with Crippen molar-refractivity contribution in [2.45, 2.75) is 48.9 Å². The highest BCUT2D eigenvalue weighted by atomic mass is 32.2. The SMILES string of the molecule is CSc1nc(SC)c2ncn([C@@H]3C[C@H](OC(=O)c4ccc(C)cc4)[C@@H](COC(=O)c4ccc(C)cc4)O3)c2n1. The molecule has 2 aromatic carbocycles. The summed E-state index contributed by atoms with van der Waals surface area (Å²) >= 11 is 2.94. The van der Waals surface area contributed by atoms with Crippen LogP contribution in [0.15, 0.2) is 65.0 Å². The lowest BCUT2D eigenvalue weighted by atomic mass is 10.1. The predicted molar refractivity (Wildman–Crippen MR) is 149 cm³/mol. The summed E-state index contributed by atoms with van der Waals surface area (Å²) in [7, 11) is 0. The molecule has 3 heterocycles. The van der Waals surface area contributed by atoms with Gasteiger partial charge in [-0.15, -0.1) is 11.8 Å². The maximum Gasteiger partial charge on any atom is 0.338 e. The lowest BCUT2D eigenvalue weighted by Gasteiger charge is -2.19. The quantitative estimate of drug-likeness (QED) is 0.122. The van der Waals surface area contributed by atoms with Crippen LogP contribution < -0.4 is 0 Å². The van der Waals surface area contributed by atoms with E-state index in [1.807, 2.05) is 55.2 Å². The van der Waals surface area contributed by atoms with Crippen LogP contribution in [0.4, 0.5) is 0 Å². The highest BCUT2D eigenvalue weighted by Crippen LogP contribution is 2.35. The lowest BCUT2D eigenvalue weighted by Crippen LogP contribution is -2.32. The second-order valence-electron chi connectivity index (χ2n) is 9.18. The number of carbonyl (C=O) groups excluding carboxylic acids is 2. The largest absolute Gasteiger partial charge is 0.459 e. The fourth-order valence-corrected chi connectivity index (χ4v) is 5.22. The Morgan fingerprint density at radius 1 is 0.949 bits per heavy atom. The number of aromatic nitrogens is 4. The zero-order valence-corrected chi connectivity index (χ0v) is 23.6. The molecule has 0 radical (unpaired) electrons. The Morgan fingerprint density at radius 3 is 2.21 bits per heavy atom. The van der Waals surface area contributed by atoms with Gasteiger partial charge in [0.05, 0.1) is 17.5 Å². The zero-order valence-electron chi connectivity index (χ0n) is 22.0. The van der Waals surface area contributed by atoms with Gasteiger partial charge in [0, 0.05) is 6.42 Å². The van der Waals surface area contributed by atoms with Crippen LogP contribution in [0.1, 0.15) is 44.5 Å². The maximum atomic E-state index is 13.0. The number of ether oxygens (including phenoxy) is 3. The molecule has 1 aliphatic rings. The molecule has 0 unspecified atom stereocenters. The maximum absolute atomic E-state index is 13.0. The average Bonchev–Trinajstić information content (AvgIpc) is 3.55. The molecule has 9 nitrogen and oxygen atoms in total. The van der Waals surface area contributed by atoms with Crippen molar-refractivity contribution in [1.29, 1.82) is 0 Å². The van der Waals surface area contributed by atoms with Gasteiger partial charge in [-0.2, -0.15) is 0 Å². The van der Waals surface area contributed by atoms with Crippen LogP contribution in [-0.2, 0) is 14.2 Å². The van der Waals surface area contributed by atoms with E-state index in [1.165, 1.54) is 23.5 Å². The molecule has 0 aliphatic carbocycles. The summed E-state index contributed by atoms with van der Waals surface area (Å²) in [6.07, 6.45) is 3.98. The Hall–Kier alpha value is -3.41. The Morgan fingerprint density at radius 2 is 1.59 bits per heavy atom. The number of benzene rings is 2. The fraction of sp³-hybridized carbons (Fsp3) is 0.321. The molecule has 3 atom stereocenters. The third kappa shape index (κ3) is 5.95. The summed E-state index contributed by atoms with van der Waals surface area (Å²) in [5, 5.41) is 1.39. The van der Waals surface area contributed by atoms with Crippen molar-refractivity contribution in [2.75, 3.05) is 19.1 Å². The second kappa shape index (κ2) is 11.8. The fourth-order valence-electron chi connectivity index (χ4n) is 4.29. The van der Waals surface area contributed by atoms with Gasteiger partial charge in [-0.3, -0.25) is 4.57 Å². The van der Waals surface area contributed by atoms with E-state index in [4.69, 9.17) is 14.2 Å². The molecule has 1 aliphatic heterocycles. The number of hydrogen-bond donors (Lipinski definition) is 0. The smallest absolute Gasteiger partial charge is 0.338 e. The highest BCUT2D eigenvalue weighted by molar-refractivity contribution is 7.99. The van der Waals surface area contributed by atoms with Gasteiger partial charge < -0.3 is 14.2 Å². The Balaban J connectivity index is 1.39. The van der Waals surface area contributed by atoms with Crippen molar-refractivity contribution in [3.8, 4) is 0 Å². The van der Waals surface area contributed by atoms with Crippen LogP contribution >= 0.6 is 23.5 Å². The molecule has 0 saturated carbocycles. The average molecular weight is 565 g/mol. The number of nitrogens with zero attached hydrogens (tertiary/aromatic N) is 4. The monoisotopic (exact) mass is 564 g/mol. The summed E-state index contributed by atoms with van der Waals surface area (Å²) < 4.78 is 19.7. The summed E-state index contributed by atoms with van der Waals surface area (Å²) in [4.78, 5) is 39.4. The molecule has 202 valence electrons. The van der Waals surface area contributed by atoms with Gasteiger partial charge in [0.25, 0.3) is 0 Å². The van der Waals surface area contributed by atoms with Crippen LogP contribution in [-0.4, -0.2) is 62.8 Å². The third-order valence-electron chi connectivity index (χ3n) is 6.45. The van der Waals surface area contributed by atoms with Gasteiger partial charge in [0.15, 0.2) is 10.8 Å². The van der Waals surface area contributed by atoms with Crippen molar-refractivity contribution in [1.82, 2.24) is 19.5 Å². The van der Waals surface area contributed by atoms with E-state index in [0.29, 0.717) is 33.9 Å². The van der Waals surface area contributed by atoms with Gasteiger partial charge in [0.2, 0.25) is 0 Å². The Labute approximate surface area is 234 Å². The normalized spacial score (nSPS) is 18.8. The number of esters is 2. The number of aryl methyl sites for hydroxylation is 2. The van der Waals surface area contributed by atoms with Crippen LogP contribution in [0, 0.1) is 13.8 Å². The molecule has 4 aromatic rings. The highest BCUT2D eigenvalue weighted by Gasteiger charge is 2.41. The standard InChI is InChI=1S/C28H28N4O5S2/c1-16-5-9-18(10-6-16)26(33)35-14-21-20(37-27(34)19-11-7-17(2)8-12-19)13-22(36-21)32-15-29-23-24(32)30-28(39-4)31-25(23)38-3/h5-12,15,20-22H,13-14H2,1-4H3/t20-,21+,22-/m0/s1. The van der Waals surface area contributed by atoms with Gasteiger partial charge in [-0.05, 0) is 50.6 Å². The van der Waals surface area contributed by atoms with Crippen LogP contribution in [0.2, 0.25) is 0 Å².